The Balaban J connectivity index is -0.00000612. The van der Waals surface area contributed by atoms with Gasteiger partial charge in [-0.2, -0.15) is 8.42 Å². The van der Waals surface area contributed by atoms with Gasteiger partial charge in [-0.05, 0) is 12.8 Å². The molecule has 2 unspecified atom stereocenters. The van der Waals surface area contributed by atoms with Crippen LogP contribution in [0, 0.1) is 5.92 Å². The third-order valence-electron chi connectivity index (χ3n) is 7.40. The summed E-state index contributed by atoms with van der Waals surface area (Å²) < 4.78 is 31.5. The third-order valence-corrected chi connectivity index (χ3v) is 8.98. The van der Waals surface area contributed by atoms with Crippen LogP contribution in [0.2, 0.25) is 0 Å². The summed E-state index contributed by atoms with van der Waals surface area (Å²) in [5, 5.41) is 23.9. The Morgan fingerprint density at radius 1 is 0.632 bits per heavy atom. The van der Waals surface area contributed by atoms with Crippen LogP contribution in [0.4, 0.5) is 0 Å². The molecule has 7 nitrogen and oxygen atoms in total. The zero-order chi connectivity index (χ0) is 27.3. The quantitative estimate of drug-likeness (QED) is 0.0782. The molecule has 10 heteroatoms. The van der Waals surface area contributed by atoms with Crippen molar-refractivity contribution in [1.29, 1.82) is 0 Å². The van der Waals surface area contributed by atoms with E-state index < -0.39 is 39.1 Å². The first kappa shape index (κ1) is 44.6. The average molecular weight is 611 g/mol. The van der Waals surface area contributed by atoms with E-state index in [4.69, 9.17) is 0 Å². The molecular weight excluding hydrogens is 559 g/mol. The summed E-state index contributed by atoms with van der Waals surface area (Å²) in [7, 11) is -5.23. The van der Waals surface area contributed by atoms with Gasteiger partial charge in [0.2, 0.25) is 0 Å². The van der Waals surface area contributed by atoms with Gasteiger partial charge in [0.1, 0.15) is 4.75 Å². The predicted octanol–water partition coefficient (Wildman–Crippen LogP) is -0.641. The van der Waals surface area contributed by atoms with Crippen LogP contribution >= 0.6 is 0 Å². The Hall–Kier alpha value is 2.12. The van der Waals surface area contributed by atoms with Crippen LogP contribution in [0.15, 0.2) is 0 Å². The Bertz CT molecular complexity index is 689. The molecule has 0 fully saturated rings. The molecule has 0 aliphatic rings. The summed E-state index contributed by atoms with van der Waals surface area (Å²) in [4.78, 5) is 23.9. The molecule has 2 atom stereocenters. The van der Waals surface area contributed by atoms with Crippen LogP contribution in [0.1, 0.15) is 155 Å². The van der Waals surface area contributed by atoms with Crippen molar-refractivity contribution in [3.8, 4) is 0 Å². The SMILES string of the molecule is CCCCCCCCCCCCC(C(=O)[O-])C(CCCCCCCCCCCC)(C(=O)[O-])S(=O)(=O)O.[K+].[K+]. The van der Waals surface area contributed by atoms with Crippen molar-refractivity contribution in [2.24, 2.45) is 5.92 Å². The van der Waals surface area contributed by atoms with Crippen LogP contribution in [-0.4, -0.2) is 29.7 Å². The van der Waals surface area contributed by atoms with Gasteiger partial charge in [-0.25, -0.2) is 0 Å². The summed E-state index contributed by atoms with van der Waals surface area (Å²) >= 11 is 0. The summed E-state index contributed by atoms with van der Waals surface area (Å²) in [5.74, 6) is -5.66. The first-order valence-corrected chi connectivity index (χ1v) is 16.0. The van der Waals surface area contributed by atoms with E-state index in [2.05, 4.69) is 13.8 Å². The van der Waals surface area contributed by atoms with Crippen molar-refractivity contribution in [1.82, 2.24) is 0 Å². The number of carbonyl (C=O) groups excluding carboxylic acids is 2. The van der Waals surface area contributed by atoms with Gasteiger partial charge in [0.15, 0.2) is 0 Å². The standard InChI is InChI=1S/C28H54O7S.2K/c1-3-5-7-9-11-13-15-17-19-21-23-25(26(29)30)28(27(31)32,36(33,34)35)24-22-20-18-16-14-12-10-8-6-4-2;;/h25H,3-24H2,1-2H3,(H,29,30)(H,31,32)(H,33,34,35);;/q;2*+1/p-2. The minimum atomic E-state index is -5.23. The van der Waals surface area contributed by atoms with Crippen molar-refractivity contribution < 1.29 is 136 Å². The normalized spacial score (nSPS) is 13.7. The topological polar surface area (TPSA) is 135 Å². The molecule has 38 heavy (non-hydrogen) atoms. The van der Waals surface area contributed by atoms with Crippen LogP contribution in [-0.2, 0) is 19.7 Å². The molecule has 0 amide bonds. The number of unbranched alkanes of at least 4 members (excludes halogenated alkanes) is 18. The zero-order valence-electron chi connectivity index (χ0n) is 24.9. The maximum absolute atomic E-state index is 12.3. The second-order valence-corrected chi connectivity index (χ2v) is 12.1. The van der Waals surface area contributed by atoms with Gasteiger partial charge in [-0.3, -0.25) is 4.55 Å². The van der Waals surface area contributed by atoms with Crippen LogP contribution in [0.5, 0.6) is 0 Å². The fourth-order valence-corrected chi connectivity index (χ4v) is 6.27. The van der Waals surface area contributed by atoms with Gasteiger partial charge in [-0.15, -0.1) is 0 Å². The van der Waals surface area contributed by atoms with Crippen LogP contribution < -0.4 is 113 Å². The van der Waals surface area contributed by atoms with Crippen LogP contribution in [0.3, 0.4) is 0 Å². The van der Waals surface area contributed by atoms with Crippen molar-refractivity contribution in [3.05, 3.63) is 0 Å². The Morgan fingerprint density at radius 3 is 1.24 bits per heavy atom. The molecule has 0 heterocycles. The molecule has 0 bridgehead atoms. The number of carboxylic acids is 2. The summed E-state index contributed by atoms with van der Waals surface area (Å²) in [5.41, 5.74) is 0. The molecule has 0 aromatic rings. The molecule has 0 aliphatic carbocycles. The van der Waals surface area contributed by atoms with E-state index in [-0.39, 0.29) is 116 Å². The first-order chi connectivity index (χ1) is 17.1. The number of carbonyl (C=O) groups is 2. The molecule has 0 aromatic carbocycles. The van der Waals surface area contributed by atoms with Crippen molar-refractivity contribution in [2.45, 2.75) is 160 Å². The molecule has 0 spiro atoms. The van der Waals surface area contributed by atoms with Gasteiger partial charge in [0.25, 0.3) is 10.1 Å². The molecular formula is C28H52K2O7S. The predicted molar refractivity (Wildman–Crippen MR) is 141 cm³/mol. The van der Waals surface area contributed by atoms with Crippen LogP contribution in [0.25, 0.3) is 0 Å². The smallest absolute Gasteiger partial charge is 0.550 e. The Labute approximate surface area is 318 Å². The van der Waals surface area contributed by atoms with Crippen molar-refractivity contribution >= 4 is 22.1 Å². The van der Waals surface area contributed by atoms with Gasteiger partial charge < -0.3 is 19.8 Å². The second-order valence-electron chi connectivity index (χ2n) is 10.4. The third kappa shape index (κ3) is 19.3. The number of rotatable bonds is 26. The van der Waals surface area contributed by atoms with E-state index in [9.17, 15) is 32.8 Å². The maximum Gasteiger partial charge on any atom is 1.00 e. The summed E-state index contributed by atoms with van der Waals surface area (Å²) in [6.45, 7) is 4.34. The Kier molecular flexibility index (Phi) is 32.7. The zero-order valence-corrected chi connectivity index (χ0v) is 32.0. The minimum Gasteiger partial charge on any atom is -0.550 e. The van der Waals surface area contributed by atoms with E-state index in [0.717, 1.165) is 51.4 Å². The van der Waals surface area contributed by atoms with E-state index in [1.165, 1.54) is 51.4 Å². The molecule has 0 saturated heterocycles. The monoisotopic (exact) mass is 610 g/mol. The maximum atomic E-state index is 12.3. The van der Waals surface area contributed by atoms with E-state index in [0.29, 0.717) is 19.3 Å². The molecule has 1 N–H and O–H groups in total. The average Bonchev–Trinajstić information content (AvgIpc) is 2.80. The fraction of sp³-hybridized carbons (Fsp3) is 0.929. The Morgan fingerprint density at radius 2 is 0.947 bits per heavy atom. The molecule has 0 aliphatic heterocycles. The number of hydrogen-bond acceptors (Lipinski definition) is 6. The van der Waals surface area contributed by atoms with E-state index >= 15 is 0 Å². The molecule has 0 saturated carbocycles. The van der Waals surface area contributed by atoms with E-state index in [1.807, 2.05) is 0 Å². The number of hydrogen-bond donors (Lipinski definition) is 1. The second kappa shape index (κ2) is 27.9. The van der Waals surface area contributed by atoms with Gasteiger partial charge in [0, 0.05) is 11.9 Å². The number of aliphatic carboxylic acids is 2. The van der Waals surface area contributed by atoms with Crippen molar-refractivity contribution in [3.63, 3.8) is 0 Å². The molecule has 214 valence electrons. The first-order valence-electron chi connectivity index (χ1n) is 14.5. The molecule has 0 rings (SSSR count). The van der Waals surface area contributed by atoms with Gasteiger partial charge in [-0.1, -0.05) is 142 Å². The molecule has 0 aromatic heterocycles. The van der Waals surface area contributed by atoms with Crippen molar-refractivity contribution in [2.75, 3.05) is 0 Å². The van der Waals surface area contributed by atoms with Gasteiger partial charge >= 0.3 is 103 Å². The molecule has 0 radical (unpaired) electrons. The minimum absolute atomic E-state index is 0. The summed E-state index contributed by atoms with van der Waals surface area (Å²) in [6, 6.07) is 0. The van der Waals surface area contributed by atoms with E-state index in [1.54, 1.807) is 0 Å². The van der Waals surface area contributed by atoms with Gasteiger partial charge in [0.05, 0.1) is 5.97 Å². The largest absolute Gasteiger partial charge is 1.00 e. The summed E-state index contributed by atoms with van der Waals surface area (Å²) in [6.07, 6.45) is 19.0. The fourth-order valence-electron chi connectivity index (χ4n) is 5.08. The number of carboxylic acid groups (broad SMARTS) is 2.